The lowest BCUT2D eigenvalue weighted by Gasteiger charge is -2.24. The molecule has 0 aliphatic carbocycles. The Balaban J connectivity index is 1.58. The summed E-state index contributed by atoms with van der Waals surface area (Å²) in [6.45, 7) is 3.99. The highest BCUT2D eigenvalue weighted by atomic mass is 35.5. The van der Waals surface area contributed by atoms with Crippen LogP contribution in [0, 0.1) is 0 Å². The van der Waals surface area contributed by atoms with Crippen LogP contribution in [-0.4, -0.2) is 28.4 Å². The summed E-state index contributed by atoms with van der Waals surface area (Å²) in [6, 6.07) is 20.7. The Morgan fingerprint density at radius 3 is 2.62 bits per heavy atom. The number of thiazole rings is 1. The Labute approximate surface area is 222 Å². The molecule has 5 rings (SSSR count). The van der Waals surface area contributed by atoms with Crippen LogP contribution >= 0.6 is 22.9 Å². The standard InChI is InChI=1S/C29H21ClN2O4S/c1-2-16-36-21-12-9-19(10-13-21)26-25(23(33)15-8-18-6-4-3-5-7-18)27(34)28(35)32(26)29-31-22-14-11-20(30)17-24(22)37-29/h2-15,17,26,34H,1,16H2. The van der Waals surface area contributed by atoms with Gasteiger partial charge in [-0.2, -0.15) is 0 Å². The number of halogens is 1. The molecule has 1 N–H and O–H groups in total. The minimum Gasteiger partial charge on any atom is -0.503 e. The molecule has 0 bridgehead atoms. The van der Waals surface area contributed by atoms with Crippen molar-refractivity contribution in [3.8, 4) is 5.75 Å². The predicted octanol–water partition coefficient (Wildman–Crippen LogP) is 6.70. The van der Waals surface area contributed by atoms with Gasteiger partial charge in [-0.15, -0.1) is 0 Å². The molecule has 37 heavy (non-hydrogen) atoms. The van der Waals surface area contributed by atoms with Gasteiger partial charge in [0, 0.05) is 5.02 Å². The molecule has 0 spiro atoms. The van der Waals surface area contributed by atoms with Gasteiger partial charge in [0.25, 0.3) is 5.91 Å². The first-order valence-electron chi connectivity index (χ1n) is 11.4. The molecule has 1 aliphatic heterocycles. The molecular formula is C29H21ClN2O4S. The van der Waals surface area contributed by atoms with Gasteiger partial charge in [-0.1, -0.05) is 84.1 Å². The van der Waals surface area contributed by atoms with Crippen molar-refractivity contribution >= 4 is 56.1 Å². The quantitative estimate of drug-likeness (QED) is 0.203. The molecule has 3 aromatic carbocycles. The third-order valence-electron chi connectivity index (χ3n) is 5.81. The van der Waals surface area contributed by atoms with Gasteiger partial charge in [-0.3, -0.25) is 14.5 Å². The number of nitrogens with zero attached hydrogens (tertiary/aromatic N) is 2. The number of amides is 1. The number of ketones is 1. The van der Waals surface area contributed by atoms with Gasteiger partial charge in [0.15, 0.2) is 16.7 Å². The smallest absolute Gasteiger partial charge is 0.296 e. The maximum absolute atomic E-state index is 13.4. The molecule has 1 aliphatic rings. The molecule has 8 heteroatoms. The average Bonchev–Trinajstić information content (AvgIpc) is 3.44. The molecule has 184 valence electrons. The Morgan fingerprint density at radius 1 is 1.14 bits per heavy atom. The van der Waals surface area contributed by atoms with E-state index in [4.69, 9.17) is 16.3 Å². The van der Waals surface area contributed by atoms with E-state index in [1.165, 1.54) is 22.3 Å². The van der Waals surface area contributed by atoms with Crippen LogP contribution in [0.25, 0.3) is 16.3 Å². The number of aromatic nitrogens is 1. The molecule has 1 atom stereocenters. The lowest BCUT2D eigenvalue weighted by molar-refractivity contribution is -0.117. The maximum Gasteiger partial charge on any atom is 0.296 e. The number of benzene rings is 3. The molecule has 4 aromatic rings. The van der Waals surface area contributed by atoms with Crippen molar-refractivity contribution in [2.24, 2.45) is 0 Å². The highest BCUT2D eigenvalue weighted by molar-refractivity contribution is 7.22. The minimum atomic E-state index is -0.884. The predicted molar refractivity (Wildman–Crippen MR) is 147 cm³/mol. The van der Waals surface area contributed by atoms with Gasteiger partial charge in [0.05, 0.1) is 21.8 Å². The summed E-state index contributed by atoms with van der Waals surface area (Å²) in [5.41, 5.74) is 2.08. The number of rotatable bonds is 8. The summed E-state index contributed by atoms with van der Waals surface area (Å²) in [7, 11) is 0. The molecule has 0 radical (unpaired) electrons. The summed E-state index contributed by atoms with van der Waals surface area (Å²) in [6.07, 6.45) is 4.66. The van der Waals surface area contributed by atoms with Crippen molar-refractivity contribution in [1.82, 2.24) is 4.98 Å². The van der Waals surface area contributed by atoms with Gasteiger partial charge in [-0.05, 0) is 47.5 Å². The molecule has 1 amide bonds. The van der Waals surface area contributed by atoms with E-state index in [9.17, 15) is 14.7 Å². The SMILES string of the molecule is C=CCOc1ccc(C2C(C(=O)C=Cc3ccccc3)=C(O)C(=O)N2c2nc3ccc(Cl)cc3s2)cc1. The zero-order chi connectivity index (χ0) is 25.9. The number of carbonyl (C=O) groups excluding carboxylic acids is 2. The number of anilines is 1. The zero-order valence-electron chi connectivity index (χ0n) is 19.5. The first-order chi connectivity index (χ1) is 18.0. The van der Waals surface area contributed by atoms with Crippen LogP contribution in [0.4, 0.5) is 5.13 Å². The van der Waals surface area contributed by atoms with E-state index in [0.29, 0.717) is 33.6 Å². The van der Waals surface area contributed by atoms with Crippen molar-refractivity contribution in [1.29, 1.82) is 0 Å². The summed E-state index contributed by atoms with van der Waals surface area (Å²) >= 11 is 7.40. The zero-order valence-corrected chi connectivity index (χ0v) is 21.1. The van der Waals surface area contributed by atoms with Crippen molar-refractivity contribution in [2.45, 2.75) is 6.04 Å². The maximum atomic E-state index is 13.4. The second kappa shape index (κ2) is 10.4. The number of aliphatic hydroxyl groups excluding tert-OH is 1. The van der Waals surface area contributed by atoms with E-state index in [1.54, 1.807) is 54.6 Å². The summed E-state index contributed by atoms with van der Waals surface area (Å²) in [5.74, 6) is -1.16. The number of carbonyl (C=O) groups is 2. The lowest BCUT2D eigenvalue weighted by atomic mass is 9.95. The van der Waals surface area contributed by atoms with E-state index in [2.05, 4.69) is 11.6 Å². The number of fused-ring (bicyclic) bond motifs is 1. The largest absolute Gasteiger partial charge is 0.503 e. The summed E-state index contributed by atoms with van der Waals surface area (Å²) < 4.78 is 6.36. The Hall–Kier alpha value is -4.20. The number of allylic oxidation sites excluding steroid dienone is 1. The molecule has 0 fully saturated rings. The van der Waals surface area contributed by atoms with Gasteiger partial charge in [0.2, 0.25) is 0 Å². The molecule has 0 saturated heterocycles. The lowest BCUT2D eigenvalue weighted by Crippen LogP contribution is -2.30. The fourth-order valence-corrected chi connectivity index (χ4v) is 5.35. The number of hydrogen-bond donors (Lipinski definition) is 1. The van der Waals surface area contributed by atoms with Crippen LogP contribution in [-0.2, 0) is 9.59 Å². The Morgan fingerprint density at radius 2 is 1.89 bits per heavy atom. The first kappa shape index (κ1) is 24.5. The minimum absolute atomic E-state index is 0.0192. The van der Waals surface area contributed by atoms with Crippen LogP contribution in [0.3, 0.4) is 0 Å². The monoisotopic (exact) mass is 528 g/mol. The van der Waals surface area contributed by atoms with Crippen molar-refractivity contribution in [3.63, 3.8) is 0 Å². The molecule has 1 unspecified atom stereocenters. The third-order valence-corrected chi connectivity index (χ3v) is 7.06. The van der Waals surface area contributed by atoms with E-state index in [1.807, 2.05) is 30.3 Å². The fraction of sp³-hybridized carbons (Fsp3) is 0.0690. The highest BCUT2D eigenvalue weighted by Crippen LogP contribution is 2.44. The van der Waals surface area contributed by atoms with Crippen molar-refractivity contribution < 1.29 is 19.4 Å². The molecule has 1 aromatic heterocycles. The van der Waals surface area contributed by atoms with Crippen molar-refractivity contribution in [3.05, 3.63) is 119 Å². The van der Waals surface area contributed by atoms with E-state index in [-0.39, 0.29) is 5.57 Å². The molecule has 0 saturated carbocycles. The first-order valence-corrected chi connectivity index (χ1v) is 12.6. The van der Waals surface area contributed by atoms with Gasteiger partial charge in [0.1, 0.15) is 12.4 Å². The third kappa shape index (κ3) is 4.91. The average molecular weight is 529 g/mol. The van der Waals surface area contributed by atoms with E-state index >= 15 is 0 Å². The van der Waals surface area contributed by atoms with Crippen molar-refractivity contribution in [2.75, 3.05) is 11.5 Å². The highest BCUT2D eigenvalue weighted by Gasteiger charge is 2.45. The molecular weight excluding hydrogens is 508 g/mol. The number of ether oxygens (including phenoxy) is 1. The van der Waals surface area contributed by atoms with Gasteiger partial charge >= 0.3 is 0 Å². The second-order valence-corrected chi connectivity index (χ2v) is 9.67. The van der Waals surface area contributed by atoms with Gasteiger partial charge < -0.3 is 9.84 Å². The van der Waals surface area contributed by atoms with Crippen LogP contribution < -0.4 is 9.64 Å². The molecule has 2 heterocycles. The molecule has 6 nitrogen and oxygen atoms in total. The van der Waals surface area contributed by atoms with E-state index in [0.717, 1.165) is 10.3 Å². The van der Waals surface area contributed by atoms with Crippen LogP contribution in [0.2, 0.25) is 5.02 Å². The van der Waals surface area contributed by atoms with Crippen LogP contribution in [0.5, 0.6) is 5.75 Å². The Bertz CT molecular complexity index is 1560. The topological polar surface area (TPSA) is 79.7 Å². The summed E-state index contributed by atoms with van der Waals surface area (Å²) in [4.78, 5) is 32.7. The number of hydrogen-bond acceptors (Lipinski definition) is 6. The van der Waals surface area contributed by atoms with E-state index < -0.39 is 23.5 Å². The van der Waals surface area contributed by atoms with Gasteiger partial charge in [-0.25, -0.2) is 4.98 Å². The fourth-order valence-electron chi connectivity index (χ4n) is 4.09. The second-order valence-electron chi connectivity index (χ2n) is 8.23. The number of aliphatic hydroxyl groups is 1. The van der Waals surface area contributed by atoms with Crippen LogP contribution in [0.15, 0.2) is 103 Å². The summed E-state index contributed by atoms with van der Waals surface area (Å²) in [5, 5.41) is 11.8. The Kier molecular flexibility index (Phi) is 6.90. The van der Waals surface area contributed by atoms with Crippen LogP contribution in [0.1, 0.15) is 17.2 Å². The normalized spacial score (nSPS) is 15.6.